The number of ether oxygens (including phenoxy) is 3. The minimum absolute atomic E-state index is 0.268. The maximum absolute atomic E-state index is 12.9. The lowest BCUT2D eigenvalue weighted by atomic mass is 10.0. The molecular formula is C25H23N3O5. The molecule has 4 atom stereocenters. The van der Waals surface area contributed by atoms with Gasteiger partial charge in [0.05, 0.1) is 5.71 Å². The number of benzene rings is 2. The number of nitrogens with zero attached hydrogens (tertiary/aromatic N) is 3. The number of carbonyl (C=O) groups excluding carboxylic acids is 1. The molecule has 2 aliphatic rings. The Morgan fingerprint density at radius 1 is 0.970 bits per heavy atom. The maximum atomic E-state index is 12.9. The van der Waals surface area contributed by atoms with Crippen molar-refractivity contribution in [3.63, 3.8) is 0 Å². The average Bonchev–Trinajstić information content (AvgIpc) is 3.31. The number of aldehydes is 1. The summed E-state index contributed by atoms with van der Waals surface area (Å²) in [6.45, 7) is 3.52. The van der Waals surface area contributed by atoms with Crippen LogP contribution in [0, 0.1) is 0 Å². The molecule has 5 rings (SSSR count). The predicted octanol–water partition coefficient (Wildman–Crippen LogP) is 3.03. The molecular weight excluding hydrogens is 422 g/mol. The first-order valence-corrected chi connectivity index (χ1v) is 10.7. The first-order chi connectivity index (χ1) is 15.9. The molecule has 2 fully saturated rings. The monoisotopic (exact) mass is 445 g/mol. The lowest BCUT2D eigenvalue weighted by Crippen LogP contribution is -2.34. The van der Waals surface area contributed by atoms with Gasteiger partial charge in [0.2, 0.25) is 0 Å². The third-order valence-corrected chi connectivity index (χ3v) is 5.61. The first kappa shape index (κ1) is 21.4. The Hall–Kier alpha value is -3.46. The van der Waals surface area contributed by atoms with Gasteiger partial charge in [-0.15, -0.1) is 0 Å². The molecule has 0 amide bonds. The minimum atomic E-state index is -0.875. The van der Waals surface area contributed by atoms with Gasteiger partial charge < -0.3 is 19.0 Å². The van der Waals surface area contributed by atoms with Crippen LogP contribution in [0.5, 0.6) is 0 Å². The van der Waals surface area contributed by atoms with Gasteiger partial charge in [-0.05, 0) is 19.9 Å². The molecule has 0 saturated carbocycles. The number of carbonyl (C=O) groups is 1. The number of aromatic nitrogens is 2. The molecule has 0 spiro atoms. The highest BCUT2D eigenvalue weighted by Crippen LogP contribution is 2.42. The van der Waals surface area contributed by atoms with Crippen molar-refractivity contribution in [1.29, 1.82) is 0 Å². The maximum Gasteiger partial charge on any atom is 0.351 e. The van der Waals surface area contributed by atoms with Crippen molar-refractivity contribution in [2.45, 2.75) is 44.2 Å². The van der Waals surface area contributed by atoms with Crippen LogP contribution in [-0.2, 0) is 19.0 Å². The zero-order valence-corrected chi connectivity index (χ0v) is 18.2. The topological polar surface area (TPSA) is 92.0 Å². The van der Waals surface area contributed by atoms with Crippen LogP contribution in [0.25, 0.3) is 0 Å². The van der Waals surface area contributed by atoms with Gasteiger partial charge in [0.1, 0.15) is 18.3 Å². The molecule has 33 heavy (non-hydrogen) atoms. The van der Waals surface area contributed by atoms with E-state index in [1.54, 1.807) is 26.1 Å². The van der Waals surface area contributed by atoms with Crippen LogP contribution in [0.2, 0.25) is 0 Å². The van der Waals surface area contributed by atoms with Crippen LogP contribution in [0.3, 0.4) is 0 Å². The van der Waals surface area contributed by atoms with Crippen LogP contribution in [0.15, 0.2) is 82.7 Å². The summed E-state index contributed by atoms with van der Waals surface area (Å²) in [5.41, 5.74) is 1.96. The molecule has 0 bridgehead atoms. The molecule has 0 N–H and O–H groups in total. The molecule has 3 aromatic rings. The fraction of sp³-hybridized carbons (Fsp3) is 0.280. The summed E-state index contributed by atoms with van der Waals surface area (Å²) in [6, 6.07) is 21.1. The second-order valence-corrected chi connectivity index (χ2v) is 8.36. The average molecular weight is 445 g/mol. The van der Waals surface area contributed by atoms with Crippen molar-refractivity contribution in [3.8, 4) is 0 Å². The molecule has 2 saturated heterocycles. The van der Waals surface area contributed by atoms with Crippen LogP contribution in [0.4, 0.5) is 5.82 Å². The van der Waals surface area contributed by atoms with E-state index in [4.69, 9.17) is 14.2 Å². The van der Waals surface area contributed by atoms with Gasteiger partial charge in [-0.1, -0.05) is 60.7 Å². The Balaban J connectivity index is 1.50. The quantitative estimate of drug-likeness (QED) is 0.443. The van der Waals surface area contributed by atoms with Gasteiger partial charge in [0.25, 0.3) is 0 Å². The Morgan fingerprint density at radius 2 is 1.58 bits per heavy atom. The molecule has 0 aliphatic carbocycles. The van der Waals surface area contributed by atoms with Crippen molar-refractivity contribution >= 4 is 17.8 Å². The third-order valence-electron chi connectivity index (χ3n) is 5.61. The van der Waals surface area contributed by atoms with E-state index in [0.29, 0.717) is 12.0 Å². The Kier molecular flexibility index (Phi) is 5.49. The van der Waals surface area contributed by atoms with Gasteiger partial charge in [-0.3, -0.25) is 4.57 Å². The summed E-state index contributed by atoms with van der Waals surface area (Å²) < 4.78 is 18.8. The highest BCUT2D eigenvalue weighted by Gasteiger charge is 2.56. The van der Waals surface area contributed by atoms with Crippen molar-refractivity contribution in [1.82, 2.24) is 9.55 Å². The standard InChI is InChI=1S/C25H23N3O5/c1-25(2)32-21-18(15-29)31-23(22(21)33-25)28-14-13-19(27-24(28)30)26-20(16-9-5-3-6-10-16)17-11-7-4-8-12-17/h3-15,18,21-23H,1-2H3. The Morgan fingerprint density at radius 3 is 2.15 bits per heavy atom. The smallest absolute Gasteiger partial charge is 0.341 e. The van der Waals surface area contributed by atoms with E-state index in [-0.39, 0.29) is 5.82 Å². The van der Waals surface area contributed by atoms with Gasteiger partial charge in [0, 0.05) is 17.3 Å². The van der Waals surface area contributed by atoms with Gasteiger partial charge in [0.15, 0.2) is 24.1 Å². The van der Waals surface area contributed by atoms with Crippen molar-refractivity contribution in [2.24, 2.45) is 4.99 Å². The second kappa shape index (κ2) is 8.47. The van der Waals surface area contributed by atoms with Gasteiger partial charge in [-0.25, -0.2) is 9.79 Å². The Labute approximate surface area is 190 Å². The van der Waals surface area contributed by atoms with E-state index in [1.165, 1.54) is 4.57 Å². The van der Waals surface area contributed by atoms with Crippen LogP contribution in [0.1, 0.15) is 31.2 Å². The van der Waals surface area contributed by atoms with E-state index < -0.39 is 36.0 Å². The lowest BCUT2D eigenvalue weighted by molar-refractivity contribution is -0.195. The molecule has 8 nitrogen and oxygen atoms in total. The molecule has 8 heteroatoms. The normalized spacial score (nSPS) is 25.4. The first-order valence-electron chi connectivity index (χ1n) is 10.7. The summed E-state index contributed by atoms with van der Waals surface area (Å²) >= 11 is 0. The van der Waals surface area contributed by atoms with Crippen molar-refractivity contribution in [2.75, 3.05) is 0 Å². The fourth-order valence-electron chi connectivity index (χ4n) is 4.20. The zero-order chi connectivity index (χ0) is 23.0. The molecule has 2 aliphatic heterocycles. The third kappa shape index (κ3) is 4.16. The van der Waals surface area contributed by atoms with E-state index in [9.17, 15) is 9.59 Å². The minimum Gasteiger partial charge on any atom is -0.341 e. The highest BCUT2D eigenvalue weighted by atomic mass is 16.8. The summed E-state index contributed by atoms with van der Waals surface area (Å²) in [5, 5.41) is 0. The number of aliphatic imine (C=N–C) groups is 1. The lowest BCUT2D eigenvalue weighted by Gasteiger charge is -2.23. The predicted molar refractivity (Wildman–Crippen MR) is 120 cm³/mol. The number of rotatable bonds is 5. The summed E-state index contributed by atoms with van der Waals surface area (Å²) in [7, 11) is 0. The van der Waals surface area contributed by atoms with Gasteiger partial charge >= 0.3 is 5.69 Å². The summed E-state index contributed by atoms with van der Waals surface area (Å²) in [4.78, 5) is 33.3. The van der Waals surface area contributed by atoms with Crippen LogP contribution >= 0.6 is 0 Å². The fourth-order valence-corrected chi connectivity index (χ4v) is 4.20. The molecule has 1 aromatic heterocycles. The van der Waals surface area contributed by atoms with Crippen LogP contribution in [-0.4, -0.2) is 45.6 Å². The van der Waals surface area contributed by atoms with Gasteiger partial charge in [-0.2, -0.15) is 4.98 Å². The molecule has 2 aromatic carbocycles. The highest BCUT2D eigenvalue weighted by molar-refractivity contribution is 6.13. The van der Waals surface area contributed by atoms with Crippen LogP contribution < -0.4 is 5.69 Å². The summed E-state index contributed by atoms with van der Waals surface area (Å²) in [6.07, 6.45) is -0.610. The van der Waals surface area contributed by atoms with E-state index in [1.807, 2.05) is 60.7 Å². The van der Waals surface area contributed by atoms with E-state index in [2.05, 4.69) is 9.98 Å². The largest absolute Gasteiger partial charge is 0.351 e. The van der Waals surface area contributed by atoms with Crippen molar-refractivity contribution < 1.29 is 19.0 Å². The molecule has 4 unspecified atom stereocenters. The zero-order valence-electron chi connectivity index (χ0n) is 18.2. The summed E-state index contributed by atoms with van der Waals surface area (Å²) in [5.74, 6) is -0.607. The second-order valence-electron chi connectivity index (χ2n) is 8.36. The molecule has 168 valence electrons. The number of hydrogen-bond acceptors (Lipinski definition) is 7. The van der Waals surface area contributed by atoms with E-state index >= 15 is 0 Å². The number of fused-ring (bicyclic) bond motifs is 1. The molecule has 3 heterocycles. The molecule has 0 radical (unpaired) electrons. The number of hydrogen-bond donors (Lipinski definition) is 0. The van der Waals surface area contributed by atoms with E-state index in [0.717, 1.165) is 11.1 Å². The Bertz CT molecular complexity index is 1200. The van der Waals surface area contributed by atoms with Crippen molar-refractivity contribution in [3.05, 3.63) is 94.5 Å². The SMILES string of the molecule is CC1(C)OC2C(C=O)OC(n3ccc(N=C(c4ccccc4)c4ccccc4)nc3=O)C2O1.